The van der Waals surface area contributed by atoms with Crippen molar-refractivity contribution >= 4 is 0 Å². The molecule has 0 aromatic carbocycles. The van der Waals surface area contributed by atoms with Crippen LogP contribution < -0.4 is 0 Å². The summed E-state index contributed by atoms with van der Waals surface area (Å²) in [5.74, 6) is 1.34. The van der Waals surface area contributed by atoms with Crippen molar-refractivity contribution in [2.45, 2.75) is 78.1 Å². The second-order valence-corrected chi connectivity index (χ2v) is 8.11. The first kappa shape index (κ1) is 12.9. The van der Waals surface area contributed by atoms with Crippen LogP contribution in [0.4, 0.5) is 0 Å². The minimum atomic E-state index is -0.527. The highest BCUT2D eigenvalue weighted by molar-refractivity contribution is 5.10. The molecule has 2 saturated carbocycles. The summed E-state index contributed by atoms with van der Waals surface area (Å²) in [5.41, 5.74) is 0.756. The van der Waals surface area contributed by atoms with Crippen LogP contribution in [0.2, 0.25) is 0 Å². The molecule has 0 radical (unpaired) electrons. The van der Waals surface area contributed by atoms with Gasteiger partial charge in [0.05, 0.1) is 5.60 Å². The molecule has 0 aromatic heterocycles. The number of aliphatic hydroxyl groups is 1. The molecule has 2 nitrogen and oxygen atoms in total. The van der Waals surface area contributed by atoms with Crippen LogP contribution in [-0.4, -0.2) is 17.0 Å². The van der Waals surface area contributed by atoms with Crippen molar-refractivity contribution in [3.05, 3.63) is 0 Å². The zero-order valence-corrected chi connectivity index (χ0v) is 12.3. The lowest BCUT2D eigenvalue weighted by Gasteiger charge is -2.60. The van der Waals surface area contributed by atoms with E-state index in [1.54, 1.807) is 0 Å². The van der Waals surface area contributed by atoms with Crippen molar-refractivity contribution in [3.8, 4) is 0 Å². The average Bonchev–Trinajstić information content (AvgIpc) is 2.53. The van der Waals surface area contributed by atoms with Gasteiger partial charge >= 0.3 is 0 Å². The summed E-state index contributed by atoms with van der Waals surface area (Å²) in [7, 11) is 0. The summed E-state index contributed by atoms with van der Waals surface area (Å²) in [6, 6.07) is 0. The van der Waals surface area contributed by atoms with Gasteiger partial charge in [-0.15, -0.1) is 0 Å². The minimum absolute atomic E-state index is 0.0713. The van der Waals surface area contributed by atoms with E-state index in [9.17, 15) is 5.11 Å². The van der Waals surface area contributed by atoms with E-state index in [-0.39, 0.29) is 5.60 Å². The molecule has 18 heavy (non-hydrogen) atoms. The Balaban J connectivity index is 1.98. The first-order chi connectivity index (χ1) is 8.28. The second-order valence-electron chi connectivity index (χ2n) is 8.11. The molecular weight excluding hydrogens is 224 g/mol. The highest BCUT2D eigenvalue weighted by Gasteiger charge is 2.61. The highest BCUT2D eigenvalue weighted by Crippen LogP contribution is 2.65. The predicted octanol–water partition coefficient (Wildman–Crippen LogP) is 3.73. The highest BCUT2D eigenvalue weighted by atomic mass is 16.6. The van der Waals surface area contributed by atoms with Crippen LogP contribution in [0.3, 0.4) is 0 Å². The van der Waals surface area contributed by atoms with E-state index in [1.807, 2.05) is 0 Å². The molecule has 0 unspecified atom stereocenters. The van der Waals surface area contributed by atoms with Crippen molar-refractivity contribution < 1.29 is 9.84 Å². The van der Waals surface area contributed by atoms with Crippen molar-refractivity contribution in [1.29, 1.82) is 0 Å². The van der Waals surface area contributed by atoms with Crippen molar-refractivity contribution in [2.75, 3.05) is 0 Å². The lowest BCUT2D eigenvalue weighted by Crippen LogP contribution is -2.55. The zero-order valence-electron chi connectivity index (χ0n) is 12.3. The molecule has 3 fully saturated rings. The van der Waals surface area contributed by atoms with Gasteiger partial charge in [0.1, 0.15) is 0 Å². The number of aliphatic hydroxyl groups excluding tert-OH is 1. The third kappa shape index (κ3) is 1.61. The first-order valence-electron chi connectivity index (χ1n) is 7.64. The SMILES string of the molecule is CC1(C)CCC[C@]2(C)[C@H]3C[C@@H](O)O[C@]3(C)CC[C@@H]12. The molecule has 0 aromatic rings. The van der Waals surface area contributed by atoms with Gasteiger partial charge in [-0.1, -0.05) is 27.2 Å². The van der Waals surface area contributed by atoms with Gasteiger partial charge in [-0.25, -0.2) is 0 Å². The summed E-state index contributed by atoms with van der Waals surface area (Å²) in [6.07, 6.45) is 6.72. The molecule has 3 aliphatic rings. The molecule has 1 heterocycles. The molecule has 0 bridgehead atoms. The topological polar surface area (TPSA) is 29.5 Å². The minimum Gasteiger partial charge on any atom is -0.368 e. The van der Waals surface area contributed by atoms with Gasteiger partial charge in [0, 0.05) is 6.42 Å². The average molecular weight is 252 g/mol. The van der Waals surface area contributed by atoms with Gasteiger partial charge < -0.3 is 9.84 Å². The molecule has 0 spiro atoms. The Hall–Kier alpha value is -0.0800. The fourth-order valence-electron chi connectivity index (χ4n) is 5.83. The maximum absolute atomic E-state index is 9.94. The fraction of sp³-hybridized carbons (Fsp3) is 1.00. The number of hydrogen-bond acceptors (Lipinski definition) is 2. The molecule has 3 rings (SSSR count). The smallest absolute Gasteiger partial charge is 0.155 e. The molecule has 0 amide bonds. The quantitative estimate of drug-likeness (QED) is 0.712. The van der Waals surface area contributed by atoms with E-state index in [2.05, 4.69) is 27.7 Å². The number of fused-ring (bicyclic) bond motifs is 3. The van der Waals surface area contributed by atoms with Gasteiger partial charge in [0.25, 0.3) is 0 Å². The Kier molecular flexibility index (Phi) is 2.68. The first-order valence-corrected chi connectivity index (χ1v) is 7.64. The van der Waals surface area contributed by atoms with E-state index in [0.717, 1.165) is 18.8 Å². The van der Waals surface area contributed by atoms with E-state index in [4.69, 9.17) is 4.74 Å². The molecule has 2 aliphatic carbocycles. The summed E-state index contributed by atoms with van der Waals surface area (Å²) in [5, 5.41) is 9.94. The molecular formula is C16H28O2. The van der Waals surface area contributed by atoms with Crippen molar-refractivity contribution in [2.24, 2.45) is 22.7 Å². The number of rotatable bonds is 0. The maximum atomic E-state index is 9.94. The van der Waals surface area contributed by atoms with Crippen LogP contribution >= 0.6 is 0 Å². The van der Waals surface area contributed by atoms with Gasteiger partial charge in [-0.2, -0.15) is 0 Å². The molecule has 1 N–H and O–H groups in total. The Morgan fingerprint density at radius 1 is 1.00 bits per heavy atom. The van der Waals surface area contributed by atoms with Crippen molar-refractivity contribution in [3.63, 3.8) is 0 Å². The third-order valence-corrected chi connectivity index (χ3v) is 6.58. The summed E-state index contributed by atoms with van der Waals surface area (Å²) in [6.45, 7) is 9.60. The van der Waals surface area contributed by atoms with Crippen molar-refractivity contribution in [1.82, 2.24) is 0 Å². The predicted molar refractivity (Wildman–Crippen MR) is 72.1 cm³/mol. The van der Waals surface area contributed by atoms with Crippen LogP contribution in [0.1, 0.15) is 66.2 Å². The van der Waals surface area contributed by atoms with Crippen LogP contribution in [0.15, 0.2) is 0 Å². The molecule has 2 heteroatoms. The standard InChI is InChI=1S/C16H28O2/c1-14(2)7-5-8-15(3)11(14)6-9-16(4)12(15)10-13(17)18-16/h11-13,17H,5-10H2,1-4H3/t11-,12+,13-,15-,16+/m0/s1. The van der Waals surface area contributed by atoms with Crippen LogP contribution in [0.25, 0.3) is 0 Å². The summed E-state index contributed by atoms with van der Waals surface area (Å²) in [4.78, 5) is 0. The van der Waals surface area contributed by atoms with Crippen LogP contribution in [0.5, 0.6) is 0 Å². The van der Waals surface area contributed by atoms with Gasteiger partial charge in [-0.05, 0) is 55.3 Å². The van der Waals surface area contributed by atoms with E-state index in [0.29, 0.717) is 16.7 Å². The number of ether oxygens (including phenoxy) is 1. The van der Waals surface area contributed by atoms with Crippen LogP contribution in [-0.2, 0) is 4.74 Å². The monoisotopic (exact) mass is 252 g/mol. The summed E-state index contributed by atoms with van der Waals surface area (Å²) < 4.78 is 5.89. The van der Waals surface area contributed by atoms with Gasteiger partial charge in [-0.3, -0.25) is 0 Å². The molecule has 1 saturated heterocycles. The molecule has 5 atom stereocenters. The van der Waals surface area contributed by atoms with E-state index < -0.39 is 6.29 Å². The number of hydrogen-bond donors (Lipinski definition) is 1. The van der Waals surface area contributed by atoms with Gasteiger partial charge in [0.2, 0.25) is 0 Å². The van der Waals surface area contributed by atoms with Crippen LogP contribution in [0, 0.1) is 22.7 Å². The normalized spacial score (nSPS) is 54.8. The van der Waals surface area contributed by atoms with E-state index >= 15 is 0 Å². The Bertz CT molecular complexity index is 351. The van der Waals surface area contributed by atoms with Gasteiger partial charge in [0.15, 0.2) is 6.29 Å². The lowest BCUT2D eigenvalue weighted by atomic mass is 9.45. The molecule has 104 valence electrons. The second kappa shape index (κ2) is 3.73. The zero-order chi connectivity index (χ0) is 13.2. The largest absolute Gasteiger partial charge is 0.368 e. The Labute approximate surface area is 111 Å². The molecule has 1 aliphatic heterocycles. The summed E-state index contributed by atoms with van der Waals surface area (Å²) >= 11 is 0. The maximum Gasteiger partial charge on any atom is 0.155 e. The third-order valence-electron chi connectivity index (χ3n) is 6.58. The Morgan fingerprint density at radius 2 is 1.72 bits per heavy atom. The fourth-order valence-corrected chi connectivity index (χ4v) is 5.83. The Morgan fingerprint density at radius 3 is 2.44 bits per heavy atom. The van der Waals surface area contributed by atoms with E-state index in [1.165, 1.54) is 25.7 Å². The lowest BCUT2D eigenvalue weighted by molar-refractivity contribution is -0.181.